The number of hydrogen-bond acceptors (Lipinski definition) is 7. The molecule has 1 unspecified atom stereocenters. The van der Waals surface area contributed by atoms with Crippen molar-refractivity contribution in [2.24, 2.45) is 0 Å². The number of aliphatic hydroxyl groups is 1. The maximum Gasteiger partial charge on any atom is 0.338 e. The number of pyridine rings is 1. The van der Waals surface area contributed by atoms with Gasteiger partial charge in [-0.25, -0.2) is 4.79 Å². The van der Waals surface area contributed by atoms with Crippen molar-refractivity contribution < 1.29 is 29.0 Å². The number of likely N-dealkylation sites (tertiary alicyclic amines) is 1. The minimum atomic E-state index is -0.857. The van der Waals surface area contributed by atoms with Gasteiger partial charge < -0.3 is 19.5 Å². The summed E-state index contributed by atoms with van der Waals surface area (Å²) in [4.78, 5) is 43.9. The number of ether oxygens (including phenoxy) is 2. The Balaban J connectivity index is 1.75. The van der Waals surface area contributed by atoms with E-state index in [1.54, 1.807) is 73.9 Å². The number of benzene rings is 2. The number of aromatic nitrogens is 1. The van der Waals surface area contributed by atoms with E-state index in [-0.39, 0.29) is 24.5 Å². The number of halogens is 1. The molecule has 1 amide bonds. The van der Waals surface area contributed by atoms with Crippen LogP contribution in [0.3, 0.4) is 0 Å². The van der Waals surface area contributed by atoms with E-state index in [9.17, 15) is 19.5 Å². The lowest BCUT2D eigenvalue weighted by Gasteiger charge is -2.25. The van der Waals surface area contributed by atoms with Gasteiger partial charge in [0, 0.05) is 24.5 Å². The van der Waals surface area contributed by atoms with Crippen LogP contribution in [-0.2, 0) is 20.9 Å². The summed E-state index contributed by atoms with van der Waals surface area (Å²) in [6.45, 7) is 2.07. The minimum absolute atomic E-state index is 0.0341. The molecule has 0 bridgehead atoms. The molecule has 1 aliphatic heterocycles. The van der Waals surface area contributed by atoms with Crippen LogP contribution in [0.2, 0.25) is 0 Å². The number of rotatable bonds is 7. The van der Waals surface area contributed by atoms with Crippen molar-refractivity contribution >= 4 is 39.3 Å². The molecule has 0 saturated carbocycles. The molecule has 184 valence electrons. The minimum Gasteiger partial charge on any atom is -0.507 e. The first-order valence-corrected chi connectivity index (χ1v) is 11.9. The van der Waals surface area contributed by atoms with E-state index >= 15 is 0 Å². The first-order valence-electron chi connectivity index (χ1n) is 11.1. The summed E-state index contributed by atoms with van der Waals surface area (Å²) < 4.78 is 10.8. The number of carbonyl (C=O) groups is 3. The number of esters is 1. The van der Waals surface area contributed by atoms with Gasteiger partial charge in [0.25, 0.3) is 11.7 Å². The molecule has 36 heavy (non-hydrogen) atoms. The van der Waals surface area contributed by atoms with Crippen LogP contribution in [0.15, 0.2) is 77.0 Å². The van der Waals surface area contributed by atoms with Crippen LogP contribution in [-0.4, -0.2) is 46.4 Å². The van der Waals surface area contributed by atoms with Crippen LogP contribution >= 0.6 is 15.9 Å². The van der Waals surface area contributed by atoms with Crippen molar-refractivity contribution in [3.8, 4) is 5.75 Å². The Morgan fingerprint density at radius 1 is 1.11 bits per heavy atom. The standard InChI is InChI=1S/C27H23BrN2O6/c1-3-36-27(34)17-8-6-16(7-9-17)15-30-23(19-5-4-12-29-14-19)22(25(32)26(30)33)24(31)18-10-11-21(35-2)20(28)13-18/h4-14,23,31H,3,15H2,1-2H3/b24-22-. The molecule has 4 rings (SSSR count). The Bertz CT molecular complexity index is 1340. The fraction of sp³-hybridized carbons (Fsp3) is 0.185. The van der Waals surface area contributed by atoms with Crippen molar-refractivity contribution in [2.75, 3.05) is 13.7 Å². The van der Waals surface area contributed by atoms with Crippen LogP contribution in [0.25, 0.3) is 5.76 Å². The summed E-state index contributed by atoms with van der Waals surface area (Å²) in [5.41, 5.74) is 1.98. The van der Waals surface area contributed by atoms with Crippen molar-refractivity contribution in [1.29, 1.82) is 0 Å². The van der Waals surface area contributed by atoms with Crippen molar-refractivity contribution in [1.82, 2.24) is 9.88 Å². The van der Waals surface area contributed by atoms with E-state index in [0.29, 0.717) is 32.5 Å². The summed E-state index contributed by atoms with van der Waals surface area (Å²) in [7, 11) is 1.52. The molecule has 8 nitrogen and oxygen atoms in total. The van der Waals surface area contributed by atoms with E-state index < -0.39 is 23.7 Å². The molecule has 0 spiro atoms. The van der Waals surface area contributed by atoms with Crippen LogP contribution in [0.5, 0.6) is 5.75 Å². The average molecular weight is 551 g/mol. The fourth-order valence-electron chi connectivity index (χ4n) is 4.05. The number of carbonyl (C=O) groups excluding carboxylic acids is 3. The second-order valence-electron chi connectivity index (χ2n) is 7.98. The lowest BCUT2D eigenvalue weighted by Crippen LogP contribution is -2.29. The van der Waals surface area contributed by atoms with Gasteiger partial charge in [-0.1, -0.05) is 18.2 Å². The number of ketones is 1. The fourth-order valence-corrected chi connectivity index (χ4v) is 4.59. The van der Waals surface area contributed by atoms with Crippen LogP contribution in [0.1, 0.15) is 40.0 Å². The molecule has 2 heterocycles. The highest BCUT2D eigenvalue weighted by Gasteiger charge is 2.46. The van der Waals surface area contributed by atoms with Crippen LogP contribution in [0, 0.1) is 0 Å². The first kappa shape index (κ1) is 25.1. The number of aliphatic hydroxyl groups excluding tert-OH is 1. The topological polar surface area (TPSA) is 106 Å². The van der Waals surface area contributed by atoms with Crippen molar-refractivity contribution in [2.45, 2.75) is 19.5 Å². The zero-order chi connectivity index (χ0) is 25.8. The first-order chi connectivity index (χ1) is 17.3. The number of hydrogen-bond donors (Lipinski definition) is 1. The Labute approximate surface area is 216 Å². The van der Waals surface area contributed by atoms with E-state index in [2.05, 4.69) is 20.9 Å². The molecule has 1 N–H and O–H groups in total. The second kappa shape index (κ2) is 10.7. The van der Waals surface area contributed by atoms with Gasteiger partial charge in [0.1, 0.15) is 11.5 Å². The summed E-state index contributed by atoms with van der Waals surface area (Å²) in [6, 6.07) is 14.1. The van der Waals surface area contributed by atoms with Crippen LogP contribution in [0.4, 0.5) is 0 Å². The predicted molar refractivity (Wildman–Crippen MR) is 135 cm³/mol. The molecule has 3 aromatic rings. The quantitative estimate of drug-likeness (QED) is 0.197. The SMILES string of the molecule is CCOC(=O)c1ccc(CN2C(=O)C(=O)/C(=C(\O)c3ccc(OC)c(Br)c3)C2c2cccnc2)cc1. The number of methoxy groups -OCH3 is 1. The molecule has 9 heteroatoms. The monoisotopic (exact) mass is 550 g/mol. The lowest BCUT2D eigenvalue weighted by atomic mass is 9.96. The van der Waals surface area contributed by atoms with E-state index in [4.69, 9.17) is 9.47 Å². The third-order valence-corrected chi connectivity index (χ3v) is 6.40. The van der Waals surface area contributed by atoms with Crippen molar-refractivity contribution in [3.05, 3.63) is 99.3 Å². The molecular weight excluding hydrogens is 528 g/mol. The molecule has 1 aliphatic rings. The molecule has 1 atom stereocenters. The molecule has 1 saturated heterocycles. The zero-order valence-electron chi connectivity index (χ0n) is 19.6. The summed E-state index contributed by atoms with van der Waals surface area (Å²) in [6.07, 6.45) is 3.15. The van der Waals surface area contributed by atoms with Gasteiger partial charge in [0.15, 0.2) is 0 Å². The maximum atomic E-state index is 13.2. The predicted octanol–water partition coefficient (Wildman–Crippen LogP) is 4.65. The zero-order valence-corrected chi connectivity index (χ0v) is 21.2. The maximum absolute atomic E-state index is 13.2. The van der Waals surface area contributed by atoms with Gasteiger partial charge in [-0.05, 0) is 70.4 Å². The van der Waals surface area contributed by atoms with Gasteiger partial charge in [0.05, 0.1) is 35.4 Å². The third kappa shape index (κ3) is 4.87. The van der Waals surface area contributed by atoms with Gasteiger partial charge in [-0.15, -0.1) is 0 Å². The molecule has 1 fully saturated rings. The number of Topliss-reactive ketones (excluding diaryl/α,β-unsaturated/α-hetero) is 1. The summed E-state index contributed by atoms with van der Waals surface area (Å²) in [5, 5.41) is 11.2. The van der Waals surface area contributed by atoms with Gasteiger partial charge >= 0.3 is 5.97 Å². The molecular formula is C27H23BrN2O6. The highest BCUT2D eigenvalue weighted by atomic mass is 79.9. The largest absolute Gasteiger partial charge is 0.507 e. The normalized spacial score (nSPS) is 16.8. The molecule has 0 aliphatic carbocycles. The van der Waals surface area contributed by atoms with Gasteiger partial charge in [-0.3, -0.25) is 14.6 Å². The smallest absolute Gasteiger partial charge is 0.338 e. The van der Waals surface area contributed by atoms with E-state index in [1.165, 1.54) is 12.0 Å². The average Bonchev–Trinajstić information content (AvgIpc) is 3.14. The van der Waals surface area contributed by atoms with E-state index in [1.807, 2.05) is 0 Å². The summed E-state index contributed by atoms with van der Waals surface area (Å²) in [5.74, 6) is -1.72. The van der Waals surface area contributed by atoms with Crippen LogP contribution < -0.4 is 4.74 Å². The molecule has 0 radical (unpaired) electrons. The van der Waals surface area contributed by atoms with Crippen molar-refractivity contribution in [3.63, 3.8) is 0 Å². The Morgan fingerprint density at radius 2 is 1.83 bits per heavy atom. The Morgan fingerprint density at radius 3 is 2.44 bits per heavy atom. The molecule has 2 aromatic carbocycles. The summed E-state index contributed by atoms with van der Waals surface area (Å²) >= 11 is 3.39. The third-order valence-electron chi connectivity index (χ3n) is 5.78. The highest BCUT2D eigenvalue weighted by Crippen LogP contribution is 2.40. The second-order valence-corrected chi connectivity index (χ2v) is 8.83. The number of amides is 1. The Kier molecular flexibility index (Phi) is 7.49. The van der Waals surface area contributed by atoms with E-state index in [0.717, 1.165) is 0 Å². The number of nitrogens with zero attached hydrogens (tertiary/aromatic N) is 2. The highest BCUT2D eigenvalue weighted by molar-refractivity contribution is 9.10. The molecule has 1 aromatic heterocycles. The van der Waals surface area contributed by atoms with Gasteiger partial charge in [-0.2, -0.15) is 0 Å². The van der Waals surface area contributed by atoms with Gasteiger partial charge in [0.2, 0.25) is 0 Å². The Hall–Kier alpha value is -3.98. The lowest BCUT2D eigenvalue weighted by molar-refractivity contribution is -0.140.